The Morgan fingerprint density at radius 2 is 1.72 bits per heavy atom. The zero-order chi connectivity index (χ0) is 18.0. The Kier molecular flexibility index (Phi) is 4.81. The van der Waals surface area contributed by atoms with Crippen molar-refractivity contribution in [2.75, 3.05) is 14.2 Å². The van der Waals surface area contributed by atoms with Gasteiger partial charge >= 0.3 is 5.97 Å². The standard InChI is InChI=1S/C19H18N2O3S/c1-12(17-20-15-6-4-5-7-16(15)25-17)21(2)18(22)13-8-10-14(11-9-13)19(23)24-3/h4-12H,1-3H3/t12-/m0/s1. The van der Waals surface area contributed by atoms with Gasteiger partial charge in [0.2, 0.25) is 0 Å². The zero-order valence-electron chi connectivity index (χ0n) is 14.2. The Labute approximate surface area is 149 Å². The normalized spacial score (nSPS) is 12.0. The van der Waals surface area contributed by atoms with Gasteiger partial charge in [-0.25, -0.2) is 9.78 Å². The van der Waals surface area contributed by atoms with Crippen molar-refractivity contribution in [3.8, 4) is 0 Å². The van der Waals surface area contributed by atoms with Crippen molar-refractivity contribution >= 4 is 33.4 Å². The molecule has 1 amide bonds. The Bertz CT molecular complexity index is 885. The van der Waals surface area contributed by atoms with Crippen molar-refractivity contribution in [3.63, 3.8) is 0 Å². The molecule has 25 heavy (non-hydrogen) atoms. The van der Waals surface area contributed by atoms with Crippen LogP contribution in [0.4, 0.5) is 0 Å². The number of para-hydroxylation sites is 1. The maximum absolute atomic E-state index is 12.7. The summed E-state index contributed by atoms with van der Waals surface area (Å²) >= 11 is 1.59. The van der Waals surface area contributed by atoms with Gasteiger partial charge in [0, 0.05) is 12.6 Å². The fourth-order valence-corrected chi connectivity index (χ4v) is 3.54. The van der Waals surface area contributed by atoms with E-state index < -0.39 is 5.97 Å². The lowest BCUT2D eigenvalue weighted by Gasteiger charge is -2.23. The molecule has 6 heteroatoms. The maximum atomic E-state index is 12.7. The van der Waals surface area contributed by atoms with Crippen LogP contribution in [0.2, 0.25) is 0 Å². The van der Waals surface area contributed by atoms with E-state index in [0.717, 1.165) is 15.2 Å². The molecule has 1 heterocycles. The van der Waals surface area contributed by atoms with Crippen LogP contribution in [0.15, 0.2) is 48.5 Å². The number of thiazole rings is 1. The average Bonchev–Trinajstić information content (AvgIpc) is 3.10. The van der Waals surface area contributed by atoms with Crippen molar-refractivity contribution in [2.45, 2.75) is 13.0 Å². The van der Waals surface area contributed by atoms with Crippen LogP contribution >= 0.6 is 11.3 Å². The fraction of sp³-hybridized carbons (Fsp3) is 0.211. The van der Waals surface area contributed by atoms with Crippen LogP contribution in [0.5, 0.6) is 0 Å². The van der Waals surface area contributed by atoms with E-state index in [0.29, 0.717) is 11.1 Å². The molecule has 0 spiro atoms. The summed E-state index contributed by atoms with van der Waals surface area (Å²) in [5.41, 5.74) is 1.88. The van der Waals surface area contributed by atoms with E-state index >= 15 is 0 Å². The van der Waals surface area contributed by atoms with Gasteiger partial charge in [0.05, 0.1) is 28.9 Å². The first-order chi connectivity index (χ1) is 12.0. The topological polar surface area (TPSA) is 59.5 Å². The number of benzene rings is 2. The second kappa shape index (κ2) is 7.03. The number of ether oxygens (including phenoxy) is 1. The van der Waals surface area contributed by atoms with Gasteiger partial charge in [-0.3, -0.25) is 4.79 Å². The highest BCUT2D eigenvalue weighted by Gasteiger charge is 2.22. The van der Waals surface area contributed by atoms with E-state index in [2.05, 4.69) is 9.72 Å². The molecule has 0 bridgehead atoms. The summed E-state index contributed by atoms with van der Waals surface area (Å²) in [4.78, 5) is 30.5. The number of carbonyl (C=O) groups excluding carboxylic acids is 2. The average molecular weight is 354 g/mol. The van der Waals surface area contributed by atoms with E-state index in [4.69, 9.17) is 0 Å². The van der Waals surface area contributed by atoms with Gasteiger partial charge in [0.1, 0.15) is 5.01 Å². The third-order valence-electron chi connectivity index (χ3n) is 4.12. The molecule has 3 aromatic rings. The molecular formula is C19H18N2O3S. The third kappa shape index (κ3) is 3.39. The molecule has 0 aliphatic carbocycles. The maximum Gasteiger partial charge on any atom is 0.337 e. The molecule has 0 unspecified atom stereocenters. The molecule has 1 aromatic heterocycles. The minimum absolute atomic E-state index is 0.122. The molecule has 3 rings (SSSR count). The third-order valence-corrected chi connectivity index (χ3v) is 5.33. The van der Waals surface area contributed by atoms with Crippen LogP contribution in [0.3, 0.4) is 0 Å². The lowest BCUT2D eigenvalue weighted by atomic mass is 10.1. The molecule has 0 saturated heterocycles. The van der Waals surface area contributed by atoms with E-state index in [1.807, 2.05) is 31.2 Å². The molecule has 2 aromatic carbocycles. The van der Waals surface area contributed by atoms with Gasteiger partial charge in [0.15, 0.2) is 0 Å². The number of aromatic nitrogens is 1. The van der Waals surface area contributed by atoms with Crippen LogP contribution in [0.1, 0.15) is 38.7 Å². The molecule has 0 aliphatic rings. The minimum atomic E-state index is -0.421. The predicted octanol–water partition coefficient (Wildman–Crippen LogP) is 3.92. The van der Waals surface area contributed by atoms with Crippen LogP contribution < -0.4 is 0 Å². The Balaban J connectivity index is 1.80. The first-order valence-electron chi connectivity index (χ1n) is 7.82. The van der Waals surface area contributed by atoms with Gasteiger partial charge in [-0.05, 0) is 43.3 Å². The SMILES string of the molecule is COC(=O)c1ccc(C(=O)N(C)[C@@H](C)c2nc3ccccc3s2)cc1. The summed E-state index contributed by atoms with van der Waals surface area (Å²) < 4.78 is 5.77. The fourth-order valence-electron chi connectivity index (χ4n) is 2.48. The molecule has 0 N–H and O–H groups in total. The van der Waals surface area contributed by atoms with Crippen LogP contribution in [0.25, 0.3) is 10.2 Å². The van der Waals surface area contributed by atoms with Crippen molar-refractivity contribution < 1.29 is 14.3 Å². The van der Waals surface area contributed by atoms with E-state index in [-0.39, 0.29) is 11.9 Å². The number of hydrogen-bond donors (Lipinski definition) is 0. The van der Waals surface area contributed by atoms with Gasteiger partial charge in [-0.15, -0.1) is 11.3 Å². The Hall–Kier alpha value is -2.73. The number of esters is 1. The highest BCUT2D eigenvalue weighted by Crippen LogP contribution is 2.29. The number of amides is 1. The summed E-state index contributed by atoms with van der Waals surface area (Å²) in [6, 6.07) is 14.2. The van der Waals surface area contributed by atoms with Gasteiger partial charge in [-0.1, -0.05) is 12.1 Å². The lowest BCUT2D eigenvalue weighted by Crippen LogP contribution is -2.29. The minimum Gasteiger partial charge on any atom is -0.465 e. The van der Waals surface area contributed by atoms with Crippen LogP contribution in [-0.4, -0.2) is 35.9 Å². The van der Waals surface area contributed by atoms with Gasteiger partial charge in [-0.2, -0.15) is 0 Å². The van der Waals surface area contributed by atoms with Crippen LogP contribution in [-0.2, 0) is 4.74 Å². The summed E-state index contributed by atoms with van der Waals surface area (Å²) in [5.74, 6) is -0.543. The summed E-state index contributed by atoms with van der Waals surface area (Å²) in [5, 5.41) is 0.892. The molecule has 0 saturated carbocycles. The monoisotopic (exact) mass is 354 g/mol. The van der Waals surface area contributed by atoms with E-state index in [1.54, 1.807) is 47.5 Å². The molecule has 0 fully saturated rings. The van der Waals surface area contributed by atoms with Crippen molar-refractivity contribution in [3.05, 3.63) is 64.7 Å². The van der Waals surface area contributed by atoms with Gasteiger partial charge in [0.25, 0.3) is 5.91 Å². The first kappa shape index (κ1) is 17.1. The summed E-state index contributed by atoms with van der Waals surface area (Å²) in [6.07, 6.45) is 0. The molecular weight excluding hydrogens is 336 g/mol. The Morgan fingerprint density at radius 1 is 1.08 bits per heavy atom. The number of methoxy groups -OCH3 is 1. The lowest BCUT2D eigenvalue weighted by molar-refractivity contribution is 0.0599. The largest absolute Gasteiger partial charge is 0.465 e. The van der Waals surface area contributed by atoms with Crippen molar-refractivity contribution in [2.24, 2.45) is 0 Å². The predicted molar refractivity (Wildman–Crippen MR) is 97.9 cm³/mol. The molecule has 0 aliphatic heterocycles. The number of nitrogens with zero attached hydrogens (tertiary/aromatic N) is 2. The number of fused-ring (bicyclic) bond motifs is 1. The second-order valence-corrected chi connectivity index (χ2v) is 6.74. The molecule has 1 atom stereocenters. The van der Waals surface area contributed by atoms with E-state index in [9.17, 15) is 9.59 Å². The van der Waals surface area contributed by atoms with Crippen LogP contribution in [0, 0.1) is 0 Å². The number of rotatable bonds is 4. The second-order valence-electron chi connectivity index (χ2n) is 5.68. The zero-order valence-corrected chi connectivity index (χ0v) is 15.0. The number of hydrogen-bond acceptors (Lipinski definition) is 5. The van der Waals surface area contributed by atoms with E-state index in [1.165, 1.54) is 7.11 Å². The molecule has 5 nitrogen and oxygen atoms in total. The highest BCUT2D eigenvalue weighted by molar-refractivity contribution is 7.18. The molecule has 128 valence electrons. The summed E-state index contributed by atoms with van der Waals surface area (Å²) in [7, 11) is 3.09. The number of carbonyl (C=O) groups is 2. The van der Waals surface area contributed by atoms with Gasteiger partial charge < -0.3 is 9.64 Å². The highest BCUT2D eigenvalue weighted by atomic mass is 32.1. The smallest absolute Gasteiger partial charge is 0.337 e. The summed E-state index contributed by atoms with van der Waals surface area (Å²) in [6.45, 7) is 1.96. The Morgan fingerprint density at radius 3 is 2.36 bits per heavy atom. The van der Waals surface area contributed by atoms with Crippen molar-refractivity contribution in [1.82, 2.24) is 9.88 Å². The molecule has 0 radical (unpaired) electrons. The quantitative estimate of drug-likeness (QED) is 0.667. The first-order valence-corrected chi connectivity index (χ1v) is 8.64. The van der Waals surface area contributed by atoms with Crippen molar-refractivity contribution in [1.29, 1.82) is 0 Å².